The van der Waals surface area contributed by atoms with Crippen LogP contribution >= 0.6 is 11.3 Å². The molecule has 2 aromatic heterocycles. The fraction of sp³-hybridized carbons (Fsp3) is 0.370. The van der Waals surface area contributed by atoms with Gasteiger partial charge in [-0.25, -0.2) is 13.4 Å². The lowest BCUT2D eigenvalue weighted by molar-refractivity contribution is 0.0985. The van der Waals surface area contributed by atoms with E-state index in [0.717, 1.165) is 34.2 Å². The number of amides is 1. The molecule has 2 heterocycles. The summed E-state index contributed by atoms with van der Waals surface area (Å²) in [6.07, 6.45) is 5.03. The standard InChI is InChI=1S/C27H33N5O3S2/c1-5-13-31(14-6-2)37(34,35)23-10-8-22(9-11-23)26(33)32(17-16-30-15-7-12-28-30)27-29-25-21(4)18-20(3)19-24(25)36-27/h7-12,15,18-19H,5-6,13-14,16-17H2,1-4H3. The van der Waals surface area contributed by atoms with Gasteiger partial charge in [-0.3, -0.25) is 14.4 Å². The zero-order valence-electron chi connectivity index (χ0n) is 21.7. The third-order valence-electron chi connectivity index (χ3n) is 6.09. The molecule has 0 unspecified atom stereocenters. The average molecular weight is 540 g/mol. The third-order valence-corrected chi connectivity index (χ3v) is 9.03. The van der Waals surface area contributed by atoms with Gasteiger partial charge in [0.25, 0.3) is 5.91 Å². The van der Waals surface area contributed by atoms with Crippen molar-refractivity contribution in [2.45, 2.75) is 52.0 Å². The fourth-order valence-electron chi connectivity index (χ4n) is 4.32. The normalized spacial score (nSPS) is 11.9. The Labute approximate surface area is 222 Å². The zero-order chi connectivity index (χ0) is 26.6. The number of aromatic nitrogens is 3. The lowest BCUT2D eigenvalue weighted by Crippen LogP contribution is -2.34. The van der Waals surface area contributed by atoms with Gasteiger partial charge in [0.15, 0.2) is 5.13 Å². The summed E-state index contributed by atoms with van der Waals surface area (Å²) in [5, 5.41) is 4.86. The van der Waals surface area contributed by atoms with Crippen molar-refractivity contribution >= 4 is 42.6 Å². The maximum absolute atomic E-state index is 13.7. The highest BCUT2D eigenvalue weighted by Gasteiger charge is 2.25. The summed E-state index contributed by atoms with van der Waals surface area (Å²) in [5.41, 5.74) is 3.50. The Morgan fingerprint density at radius 2 is 1.73 bits per heavy atom. The van der Waals surface area contributed by atoms with Crippen LogP contribution in [0.25, 0.3) is 10.2 Å². The highest BCUT2D eigenvalue weighted by Crippen LogP contribution is 2.32. The Hall–Kier alpha value is -3.08. The van der Waals surface area contributed by atoms with Gasteiger partial charge >= 0.3 is 0 Å². The van der Waals surface area contributed by atoms with E-state index in [0.29, 0.717) is 36.9 Å². The molecule has 0 saturated carbocycles. The van der Waals surface area contributed by atoms with E-state index in [2.05, 4.69) is 17.2 Å². The van der Waals surface area contributed by atoms with Crippen LogP contribution in [0.1, 0.15) is 48.2 Å². The van der Waals surface area contributed by atoms with Crippen molar-refractivity contribution in [3.8, 4) is 0 Å². The minimum Gasteiger partial charge on any atom is -0.282 e. The van der Waals surface area contributed by atoms with Crippen molar-refractivity contribution in [2.75, 3.05) is 24.5 Å². The lowest BCUT2D eigenvalue weighted by Gasteiger charge is -2.22. The van der Waals surface area contributed by atoms with Gasteiger partial charge in [-0.15, -0.1) is 0 Å². The number of fused-ring (bicyclic) bond motifs is 1. The average Bonchev–Trinajstić information content (AvgIpc) is 3.54. The van der Waals surface area contributed by atoms with Crippen LogP contribution in [0.3, 0.4) is 0 Å². The highest BCUT2D eigenvalue weighted by molar-refractivity contribution is 7.89. The molecule has 0 radical (unpaired) electrons. The Morgan fingerprint density at radius 3 is 2.35 bits per heavy atom. The summed E-state index contributed by atoms with van der Waals surface area (Å²) in [5.74, 6) is -0.233. The molecule has 0 bridgehead atoms. The van der Waals surface area contributed by atoms with Crippen molar-refractivity contribution < 1.29 is 13.2 Å². The number of hydrogen-bond donors (Lipinski definition) is 0. The molecule has 2 aromatic carbocycles. The van der Waals surface area contributed by atoms with E-state index < -0.39 is 10.0 Å². The number of rotatable bonds is 11. The molecule has 0 fully saturated rings. The number of anilines is 1. The number of thiazole rings is 1. The predicted molar refractivity (Wildman–Crippen MR) is 149 cm³/mol. The number of aryl methyl sites for hydroxylation is 2. The lowest BCUT2D eigenvalue weighted by atomic mass is 10.1. The van der Waals surface area contributed by atoms with Crippen molar-refractivity contribution in [2.24, 2.45) is 0 Å². The van der Waals surface area contributed by atoms with Crippen LogP contribution in [0.15, 0.2) is 59.8 Å². The second kappa shape index (κ2) is 11.5. The maximum atomic E-state index is 13.7. The molecule has 0 spiro atoms. The van der Waals surface area contributed by atoms with Gasteiger partial charge in [0.05, 0.1) is 21.7 Å². The van der Waals surface area contributed by atoms with Crippen molar-refractivity contribution in [3.63, 3.8) is 0 Å². The summed E-state index contributed by atoms with van der Waals surface area (Å²) in [7, 11) is -3.62. The van der Waals surface area contributed by atoms with E-state index >= 15 is 0 Å². The predicted octanol–water partition coefficient (Wildman–Crippen LogP) is 5.27. The van der Waals surface area contributed by atoms with Crippen LogP contribution in [0.5, 0.6) is 0 Å². The minimum atomic E-state index is -3.62. The third kappa shape index (κ3) is 5.92. The van der Waals surface area contributed by atoms with Crippen LogP contribution in [-0.2, 0) is 16.6 Å². The number of hydrogen-bond acceptors (Lipinski definition) is 6. The van der Waals surface area contributed by atoms with E-state index in [1.807, 2.05) is 40.0 Å². The molecule has 4 aromatic rings. The first kappa shape index (κ1) is 27.0. The first-order valence-corrected chi connectivity index (χ1v) is 14.8. The molecule has 196 valence electrons. The Kier molecular flexibility index (Phi) is 8.41. The summed E-state index contributed by atoms with van der Waals surface area (Å²) < 4.78 is 30.6. The molecule has 37 heavy (non-hydrogen) atoms. The number of carbonyl (C=O) groups excluding carboxylic acids is 1. The highest BCUT2D eigenvalue weighted by atomic mass is 32.2. The van der Waals surface area contributed by atoms with Crippen LogP contribution in [0, 0.1) is 13.8 Å². The second-order valence-electron chi connectivity index (χ2n) is 9.08. The summed E-state index contributed by atoms with van der Waals surface area (Å²) in [6.45, 7) is 9.80. The molecule has 0 atom stereocenters. The van der Waals surface area contributed by atoms with Crippen molar-refractivity contribution in [1.82, 2.24) is 19.1 Å². The molecule has 8 nitrogen and oxygen atoms in total. The van der Waals surface area contributed by atoms with Crippen LogP contribution in [0.4, 0.5) is 5.13 Å². The molecule has 0 aliphatic heterocycles. The maximum Gasteiger partial charge on any atom is 0.260 e. The molecule has 0 N–H and O–H groups in total. The smallest absolute Gasteiger partial charge is 0.260 e. The molecule has 4 rings (SSSR count). The van der Waals surface area contributed by atoms with E-state index in [1.54, 1.807) is 27.9 Å². The number of sulfonamides is 1. The van der Waals surface area contributed by atoms with Crippen molar-refractivity contribution in [1.29, 1.82) is 0 Å². The van der Waals surface area contributed by atoms with Crippen molar-refractivity contribution in [3.05, 3.63) is 71.5 Å². The second-order valence-corrected chi connectivity index (χ2v) is 12.0. The van der Waals surface area contributed by atoms with Gasteiger partial charge in [-0.2, -0.15) is 9.40 Å². The molecule has 10 heteroatoms. The quantitative estimate of drug-likeness (QED) is 0.259. The topological polar surface area (TPSA) is 88.4 Å². The summed E-state index contributed by atoms with van der Waals surface area (Å²) in [4.78, 5) is 20.4. The number of benzene rings is 2. The van der Waals surface area contributed by atoms with E-state index in [-0.39, 0.29) is 10.8 Å². The summed E-state index contributed by atoms with van der Waals surface area (Å²) >= 11 is 1.48. The van der Waals surface area contributed by atoms with Crippen LogP contribution in [0.2, 0.25) is 0 Å². The van der Waals surface area contributed by atoms with Gasteiger partial charge in [0.1, 0.15) is 0 Å². The molecule has 0 aliphatic rings. The van der Waals surface area contributed by atoms with E-state index in [9.17, 15) is 13.2 Å². The fourth-order valence-corrected chi connectivity index (χ4v) is 7.11. The van der Waals surface area contributed by atoms with E-state index in [1.165, 1.54) is 27.8 Å². The molecule has 1 amide bonds. The first-order valence-electron chi connectivity index (χ1n) is 12.5. The van der Waals surface area contributed by atoms with Gasteiger partial charge in [0.2, 0.25) is 10.0 Å². The van der Waals surface area contributed by atoms with Gasteiger partial charge in [-0.1, -0.05) is 31.3 Å². The number of carbonyl (C=O) groups is 1. The van der Waals surface area contributed by atoms with Crippen LogP contribution in [-0.4, -0.2) is 53.0 Å². The Morgan fingerprint density at radius 1 is 1.03 bits per heavy atom. The molecular weight excluding hydrogens is 506 g/mol. The minimum absolute atomic E-state index is 0.195. The zero-order valence-corrected chi connectivity index (χ0v) is 23.3. The molecular formula is C27H33N5O3S2. The molecule has 0 aliphatic carbocycles. The van der Waals surface area contributed by atoms with Gasteiger partial charge in [0, 0.05) is 37.6 Å². The van der Waals surface area contributed by atoms with E-state index in [4.69, 9.17) is 4.98 Å². The Bertz CT molecular complexity index is 1460. The largest absolute Gasteiger partial charge is 0.282 e. The number of nitrogens with zero attached hydrogens (tertiary/aromatic N) is 5. The molecule has 0 saturated heterocycles. The SMILES string of the molecule is CCCN(CCC)S(=O)(=O)c1ccc(C(=O)N(CCn2cccn2)c2nc3c(C)cc(C)cc3s2)cc1. The van der Waals surface area contributed by atoms with Gasteiger partial charge in [-0.05, 0) is 74.2 Å². The van der Waals surface area contributed by atoms with Crippen LogP contribution < -0.4 is 4.90 Å². The summed E-state index contributed by atoms with van der Waals surface area (Å²) in [6, 6.07) is 12.2. The Balaban J connectivity index is 1.66. The first-order chi connectivity index (χ1) is 17.7. The monoisotopic (exact) mass is 539 g/mol. The van der Waals surface area contributed by atoms with Gasteiger partial charge < -0.3 is 0 Å².